The second-order valence-electron chi connectivity index (χ2n) is 9.44. The molecule has 4 rings (SSSR count). The zero-order valence-electron chi connectivity index (χ0n) is 18.6. The maximum absolute atomic E-state index is 6.70. The molecule has 2 aliphatic rings. The number of hydrazone groups is 1. The number of hydrogen-bond donors (Lipinski definition) is 1. The molecule has 164 valence electrons. The van der Waals surface area contributed by atoms with Gasteiger partial charge in [0, 0.05) is 0 Å². The molecule has 2 heterocycles. The van der Waals surface area contributed by atoms with Gasteiger partial charge >= 0.3 is 194 Å². The number of hydrogen-bond acceptors (Lipinski definition) is 4. The maximum atomic E-state index is 6.70. The van der Waals surface area contributed by atoms with E-state index in [9.17, 15) is 0 Å². The number of nitrogens with one attached hydrogen (secondary N) is 1. The van der Waals surface area contributed by atoms with Gasteiger partial charge < -0.3 is 0 Å². The van der Waals surface area contributed by atoms with Crippen LogP contribution >= 0.6 is 0 Å². The van der Waals surface area contributed by atoms with Gasteiger partial charge in [-0.05, 0) is 0 Å². The third-order valence-corrected chi connectivity index (χ3v) is 7.53. The van der Waals surface area contributed by atoms with E-state index in [1.54, 1.807) is 6.26 Å². The van der Waals surface area contributed by atoms with Crippen LogP contribution in [-0.4, -0.2) is 22.4 Å². The molecule has 0 amide bonds. The Bertz CT molecular complexity index is 936. The van der Waals surface area contributed by atoms with Crippen LogP contribution in [0.25, 0.3) is 0 Å². The van der Waals surface area contributed by atoms with Crippen molar-refractivity contribution in [3.8, 4) is 0 Å². The van der Waals surface area contributed by atoms with E-state index in [1.807, 2.05) is 18.2 Å². The zero-order valence-corrected chi connectivity index (χ0v) is 19.9. The Morgan fingerprint density at radius 2 is 2.00 bits per heavy atom. The second kappa shape index (κ2) is 9.29. The van der Waals surface area contributed by atoms with E-state index < -0.39 is 0 Å². The van der Waals surface area contributed by atoms with Crippen LogP contribution in [0.1, 0.15) is 57.3 Å². The van der Waals surface area contributed by atoms with E-state index in [-0.39, 0.29) is 23.5 Å². The van der Waals surface area contributed by atoms with Crippen LogP contribution in [0.4, 0.5) is 0 Å². The minimum atomic E-state index is -0.0506. The van der Waals surface area contributed by atoms with Gasteiger partial charge in [0.05, 0.1) is 0 Å². The molecule has 1 aliphatic carbocycles. The molecular formula is C26H32CrN2O2. The molecule has 2 aromatic rings. The average Bonchev–Trinajstić information content (AvgIpc) is 3.43. The molecule has 1 N–H and O–H groups in total. The first-order chi connectivity index (χ1) is 14.9. The summed E-state index contributed by atoms with van der Waals surface area (Å²) >= 11 is 3.18. The van der Waals surface area contributed by atoms with Gasteiger partial charge in [0.25, 0.3) is 0 Å². The van der Waals surface area contributed by atoms with Crippen molar-refractivity contribution in [1.29, 1.82) is 0 Å². The van der Waals surface area contributed by atoms with Gasteiger partial charge in [-0.25, -0.2) is 0 Å². The second-order valence-corrected chi connectivity index (χ2v) is 10.0. The Kier molecular flexibility index (Phi) is 6.67. The summed E-state index contributed by atoms with van der Waals surface area (Å²) in [6, 6.07) is 14.7. The fourth-order valence-electron chi connectivity index (χ4n) is 5.16. The fourth-order valence-corrected chi connectivity index (χ4v) is 5.63. The van der Waals surface area contributed by atoms with Crippen LogP contribution in [0, 0.1) is 11.8 Å². The van der Waals surface area contributed by atoms with Crippen LogP contribution in [0.5, 0.6) is 0 Å². The van der Waals surface area contributed by atoms with Crippen molar-refractivity contribution in [3.05, 3.63) is 72.7 Å². The van der Waals surface area contributed by atoms with Crippen molar-refractivity contribution < 1.29 is 25.0 Å². The summed E-state index contributed by atoms with van der Waals surface area (Å²) in [4.78, 5) is 0. The van der Waals surface area contributed by atoms with E-state index in [0.717, 1.165) is 28.9 Å². The van der Waals surface area contributed by atoms with E-state index in [0.29, 0.717) is 11.8 Å². The Morgan fingerprint density at radius 1 is 1.23 bits per heavy atom. The van der Waals surface area contributed by atoms with Gasteiger partial charge in [0.2, 0.25) is 0 Å². The first-order valence-corrected chi connectivity index (χ1v) is 11.8. The third kappa shape index (κ3) is 4.51. The van der Waals surface area contributed by atoms with Gasteiger partial charge in [-0.1, -0.05) is 0 Å². The number of rotatable bonds is 7. The number of ether oxygens (including phenoxy) is 1. The van der Waals surface area contributed by atoms with Crippen molar-refractivity contribution in [2.75, 3.05) is 0 Å². The topological polar surface area (TPSA) is 46.8 Å². The molecule has 4 nitrogen and oxygen atoms in total. The monoisotopic (exact) mass is 456 g/mol. The molecule has 0 unspecified atom stereocenters. The van der Waals surface area contributed by atoms with Crippen molar-refractivity contribution >= 4 is 10.3 Å². The molecule has 1 aromatic carbocycles. The van der Waals surface area contributed by atoms with Crippen LogP contribution < -0.4 is 5.43 Å². The molecule has 0 spiro atoms. The first-order valence-electron chi connectivity index (χ1n) is 11.2. The predicted octanol–water partition coefficient (Wildman–Crippen LogP) is 5.35. The number of nitrogens with zero attached hydrogens (tertiary/aromatic N) is 1. The summed E-state index contributed by atoms with van der Waals surface area (Å²) < 4.78 is 13.2. The van der Waals surface area contributed by atoms with Gasteiger partial charge in [0.1, 0.15) is 0 Å². The summed E-state index contributed by atoms with van der Waals surface area (Å²) in [6.07, 6.45) is 7.14. The fraction of sp³-hybridized carbons (Fsp3) is 0.462. The molecule has 1 fully saturated rings. The van der Waals surface area contributed by atoms with Crippen molar-refractivity contribution in [3.63, 3.8) is 0 Å². The zero-order chi connectivity index (χ0) is 22.0. The van der Waals surface area contributed by atoms with Crippen molar-refractivity contribution in [2.24, 2.45) is 16.9 Å². The Balaban J connectivity index is 1.57. The summed E-state index contributed by atoms with van der Waals surface area (Å²) in [6.45, 7) is 11.0. The summed E-state index contributed by atoms with van der Waals surface area (Å²) in [5.41, 5.74) is 5.42. The van der Waals surface area contributed by atoms with Gasteiger partial charge in [-0.15, -0.1) is 0 Å². The third-order valence-electron chi connectivity index (χ3n) is 7.06. The van der Waals surface area contributed by atoms with E-state index in [1.165, 1.54) is 12.0 Å². The number of furan rings is 1. The van der Waals surface area contributed by atoms with Crippen LogP contribution in [0.15, 0.2) is 70.9 Å². The summed E-state index contributed by atoms with van der Waals surface area (Å²) in [5.74, 6) is 1.88. The van der Waals surface area contributed by atoms with E-state index in [4.69, 9.17) is 9.15 Å². The minimum absolute atomic E-state index is 0.0186. The molecule has 5 atom stereocenters. The first kappa shape index (κ1) is 22.3. The molecule has 31 heavy (non-hydrogen) atoms. The van der Waals surface area contributed by atoms with Gasteiger partial charge in [0.15, 0.2) is 0 Å². The van der Waals surface area contributed by atoms with Crippen LogP contribution in [0.3, 0.4) is 0 Å². The van der Waals surface area contributed by atoms with Gasteiger partial charge in [-0.3, -0.25) is 0 Å². The van der Waals surface area contributed by atoms with E-state index >= 15 is 0 Å². The Morgan fingerprint density at radius 3 is 2.68 bits per heavy atom. The summed E-state index contributed by atoms with van der Waals surface area (Å²) in [7, 11) is 0. The molecule has 0 saturated heterocycles. The van der Waals surface area contributed by atoms with Crippen LogP contribution in [-0.2, 0) is 26.0 Å². The SMILES string of the molecule is C=C[C@@H]1NN=C([C](=[Cr])O[C@@H]2C[C@H](C)CC[C@H]2C(C)(C)c2ccccc2)[C@H]1c1ccco1. The molecular weight excluding hydrogens is 424 g/mol. The molecule has 0 radical (unpaired) electrons. The molecule has 1 aromatic heterocycles. The molecule has 5 heteroatoms. The molecule has 0 bridgehead atoms. The summed E-state index contributed by atoms with van der Waals surface area (Å²) in [5, 5.41) is 4.60. The number of benzene rings is 1. The molecule has 1 aliphatic heterocycles. The predicted molar refractivity (Wildman–Crippen MR) is 122 cm³/mol. The molecule has 1 saturated carbocycles. The van der Waals surface area contributed by atoms with Crippen LogP contribution in [0.2, 0.25) is 0 Å². The van der Waals surface area contributed by atoms with E-state index in [2.05, 4.69) is 84.1 Å². The quantitative estimate of drug-likeness (QED) is 0.571. The Labute approximate surface area is 193 Å². The van der Waals surface area contributed by atoms with Crippen molar-refractivity contribution in [1.82, 2.24) is 5.43 Å². The normalized spacial score (nSPS) is 28.6. The average molecular weight is 457 g/mol. The van der Waals surface area contributed by atoms with Gasteiger partial charge in [-0.2, -0.15) is 0 Å². The standard InChI is InChI=1S/C26H32N2O2.Cr/c1-5-21-25(23-12-9-15-29-23)22(28-27-21)17-30-24-16-18(2)13-14-20(24)26(3,4)19-10-7-6-8-11-19;/h5-12,15,18,20-21,24-25,27H,1,13-14,16H2,2-4H3;/t18-,20-,21+,24-,25+;/m1./s1. The van der Waals surface area contributed by atoms with Crippen molar-refractivity contribution in [2.45, 2.75) is 63.5 Å². The Hall–Kier alpha value is -1.93.